The van der Waals surface area contributed by atoms with Crippen LogP contribution in [-0.4, -0.2) is 29.0 Å². The summed E-state index contributed by atoms with van der Waals surface area (Å²) in [5.74, 6) is 0.687. The Kier molecular flexibility index (Phi) is 10.5. The van der Waals surface area contributed by atoms with Crippen LogP contribution in [-0.2, 0) is 26.5 Å². The minimum Gasteiger partial charge on any atom is -0.494 e. The van der Waals surface area contributed by atoms with Gasteiger partial charge in [0.2, 0.25) is 0 Å². The fourth-order valence-electron chi connectivity index (χ4n) is 6.50. The number of hydrogen-bond donors (Lipinski definition) is 1. The molecule has 0 saturated carbocycles. The van der Waals surface area contributed by atoms with E-state index in [1.54, 1.807) is 48.5 Å². The molecule has 0 aliphatic carbocycles. The number of anilines is 2. The summed E-state index contributed by atoms with van der Waals surface area (Å²) in [6.45, 7) is 18.3. The van der Waals surface area contributed by atoms with Crippen LogP contribution in [0, 0.1) is 31.4 Å². The molecule has 1 N–H and O–H groups in total. The van der Waals surface area contributed by atoms with Crippen molar-refractivity contribution in [2.75, 3.05) is 15.6 Å². The van der Waals surface area contributed by atoms with Gasteiger partial charge in [0.15, 0.2) is 0 Å². The van der Waals surface area contributed by atoms with E-state index in [1.165, 1.54) is 4.31 Å². The molecule has 1 aliphatic heterocycles. The largest absolute Gasteiger partial charge is 0.494 e. The highest BCUT2D eigenvalue weighted by Crippen LogP contribution is 2.43. The average molecular weight is 725 g/mol. The molecule has 0 spiro atoms. The molecule has 1 aliphatic rings. The van der Waals surface area contributed by atoms with Gasteiger partial charge in [-0.3, -0.25) is 9.03 Å². The summed E-state index contributed by atoms with van der Waals surface area (Å²) in [7, 11) is -7.85. The fraction of sp³-hybridized carbons (Fsp3) is 0.333. The molecule has 51 heavy (non-hydrogen) atoms. The van der Waals surface area contributed by atoms with Crippen LogP contribution >= 0.6 is 0 Å². The van der Waals surface area contributed by atoms with E-state index in [2.05, 4.69) is 43.7 Å². The molecule has 0 bridgehead atoms. The first-order valence-corrected chi connectivity index (χ1v) is 20.1. The second-order valence-electron chi connectivity index (χ2n) is 14.8. The van der Waals surface area contributed by atoms with Crippen LogP contribution in [0.2, 0.25) is 0 Å². The summed E-state index contributed by atoms with van der Waals surface area (Å²) in [6, 6.07) is 27.5. The van der Waals surface area contributed by atoms with E-state index in [1.807, 2.05) is 71.9 Å². The van der Waals surface area contributed by atoms with Crippen LogP contribution in [0.5, 0.6) is 5.75 Å². The molecular formula is C42H48N2O5S2. The minimum atomic E-state index is -4.01. The lowest BCUT2D eigenvalue weighted by molar-refractivity contribution is 0.340. The maximum atomic E-state index is 14.2. The third-order valence-corrected chi connectivity index (χ3v) is 12.0. The first-order valence-electron chi connectivity index (χ1n) is 17.2. The molecule has 0 aromatic heterocycles. The van der Waals surface area contributed by atoms with E-state index in [0.717, 1.165) is 39.0 Å². The third-order valence-electron chi connectivity index (χ3n) is 8.68. The summed E-state index contributed by atoms with van der Waals surface area (Å²) in [4.78, 5) is 0.226. The Morgan fingerprint density at radius 3 is 2.20 bits per heavy atom. The highest BCUT2D eigenvalue weighted by Gasteiger charge is 2.40. The van der Waals surface area contributed by atoms with Crippen molar-refractivity contribution in [3.63, 3.8) is 0 Å². The van der Waals surface area contributed by atoms with Gasteiger partial charge in [-0.25, -0.2) is 16.8 Å². The molecule has 0 atom stereocenters. The lowest BCUT2D eigenvalue weighted by Crippen LogP contribution is -2.48. The number of fused-ring (bicyclic) bond motifs is 1. The molecule has 9 heteroatoms. The predicted molar refractivity (Wildman–Crippen MR) is 208 cm³/mol. The van der Waals surface area contributed by atoms with Gasteiger partial charge in [0, 0.05) is 16.7 Å². The Morgan fingerprint density at radius 1 is 0.882 bits per heavy atom. The van der Waals surface area contributed by atoms with E-state index >= 15 is 0 Å². The molecule has 0 amide bonds. The number of allylic oxidation sites excluding steroid dienone is 3. The Bertz CT molecular complexity index is 2190. The van der Waals surface area contributed by atoms with Crippen molar-refractivity contribution in [2.24, 2.45) is 5.41 Å². The van der Waals surface area contributed by atoms with Gasteiger partial charge in [0.25, 0.3) is 20.0 Å². The second-order valence-corrected chi connectivity index (χ2v) is 18.3. The van der Waals surface area contributed by atoms with Gasteiger partial charge >= 0.3 is 0 Å². The van der Waals surface area contributed by atoms with Crippen molar-refractivity contribution in [3.8, 4) is 5.75 Å². The highest BCUT2D eigenvalue weighted by molar-refractivity contribution is 7.93. The molecule has 4 aromatic rings. The lowest BCUT2D eigenvalue weighted by atomic mass is 9.87. The topological polar surface area (TPSA) is 92.8 Å². The van der Waals surface area contributed by atoms with Gasteiger partial charge in [-0.2, -0.15) is 0 Å². The summed E-state index contributed by atoms with van der Waals surface area (Å²) in [5.41, 5.74) is 6.30. The van der Waals surface area contributed by atoms with Crippen LogP contribution in [0.1, 0.15) is 82.7 Å². The van der Waals surface area contributed by atoms with E-state index < -0.39 is 25.6 Å². The summed E-state index contributed by atoms with van der Waals surface area (Å²) in [5, 5.41) is 0. The van der Waals surface area contributed by atoms with Crippen LogP contribution in [0.3, 0.4) is 0 Å². The van der Waals surface area contributed by atoms with Crippen molar-refractivity contribution in [3.05, 3.63) is 125 Å². The molecule has 0 radical (unpaired) electrons. The number of nitrogens with zero attached hydrogens (tertiary/aromatic N) is 1. The Hall–Kier alpha value is -4.52. The van der Waals surface area contributed by atoms with Gasteiger partial charge in [0.05, 0.1) is 28.4 Å². The molecule has 0 unspecified atom stereocenters. The van der Waals surface area contributed by atoms with Gasteiger partial charge in [0.1, 0.15) is 10.6 Å². The van der Waals surface area contributed by atoms with Crippen molar-refractivity contribution in [2.45, 2.75) is 90.5 Å². The average Bonchev–Trinajstić information content (AvgIpc) is 3.03. The number of nitrogens with one attached hydrogen (secondary N) is 1. The van der Waals surface area contributed by atoms with Crippen molar-refractivity contribution in [1.82, 2.24) is 0 Å². The normalized spacial score (nSPS) is 14.7. The van der Waals surface area contributed by atoms with Crippen LogP contribution in [0.4, 0.5) is 11.4 Å². The van der Waals surface area contributed by atoms with Crippen LogP contribution in [0.25, 0.3) is 11.1 Å². The number of hydrogen-bond acceptors (Lipinski definition) is 5. The molecule has 268 valence electrons. The minimum absolute atomic E-state index is 0.0314. The molecule has 4 aromatic carbocycles. The first kappa shape index (κ1) is 37.7. The summed E-state index contributed by atoms with van der Waals surface area (Å²) in [6.07, 6.45) is 5.22. The summed E-state index contributed by atoms with van der Waals surface area (Å²) < 4.78 is 65.4. The quantitative estimate of drug-likeness (QED) is 0.166. The highest BCUT2D eigenvalue weighted by atomic mass is 32.2. The fourth-order valence-corrected chi connectivity index (χ4v) is 9.27. The number of ether oxygens (including phenoxy) is 1. The SMILES string of the molecule is CCOc1ccc2c(c1)C(C)=CC(C)(C)N2S(=O)(=O)c1c#cc(CC/C(=C/C(C)(C)C)c2ccc(C)cc2NS(=O)(=O)c2ccc(C)cc2)cc1. The maximum absolute atomic E-state index is 14.2. The first-order chi connectivity index (χ1) is 23.8. The zero-order chi connectivity index (χ0) is 37.4. The van der Waals surface area contributed by atoms with E-state index in [9.17, 15) is 16.8 Å². The van der Waals surface area contributed by atoms with Gasteiger partial charge in [-0.15, -0.1) is 0 Å². The Morgan fingerprint density at radius 2 is 1.57 bits per heavy atom. The van der Waals surface area contributed by atoms with Crippen molar-refractivity contribution < 1.29 is 21.6 Å². The van der Waals surface area contributed by atoms with E-state index in [-0.39, 0.29) is 15.2 Å². The van der Waals surface area contributed by atoms with Crippen LogP contribution < -0.4 is 13.8 Å². The van der Waals surface area contributed by atoms with Crippen LogP contribution in [0.15, 0.2) is 94.7 Å². The number of rotatable bonds is 11. The Balaban J connectivity index is 1.43. The molecule has 0 fully saturated rings. The van der Waals surface area contributed by atoms with Gasteiger partial charge in [-0.05, 0) is 131 Å². The summed E-state index contributed by atoms with van der Waals surface area (Å²) >= 11 is 0. The van der Waals surface area contributed by atoms with Gasteiger partial charge in [-0.1, -0.05) is 68.8 Å². The van der Waals surface area contributed by atoms with E-state index in [4.69, 9.17) is 4.74 Å². The molecule has 7 nitrogen and oxygen atoms in total. The number of sulfonamides is 2. The van der Waals surface area contributed by atoms with E-state index in [0.29, 0.717) is 36.6 Å². The molecule has 0 saturated heterocycles. The zero-order valence-corrected chi connectivity index (χ0v) is 32.6. The number of benzene rings is 3. The number of aryl methyl sites for hydroxylation is 3. The second kappa shape index (κ2) is 14.2. The lowest BCUT2D eigenvalue weighted by Gasteiger charge is -2.41. The monoisotopic (exact) mass is 724 g/mol. The molecular weight excluding hydrogens is 677 g/mol. The zero-order valence-electron chi connectivity index (χ0n) is 31.0. The van der Waals surface area contributed by atoms with Crippen molar-refractivity contribution >= 4 is 42.6 Å². The maximum Gasteiger partial charge on any atom is 0.273 e. The Labute approximate surface area is 305 Å². The predicted octanol–water partition coefficient (Wildman–Crippen LogP) is 9.56. The standard InChI is InChI=1S/C42H48N2O5S2/c1-10-49-34-18-24-40-38(26-34)31(4)27-42(8,9)44(40)51(47,48)36-21-15-32(16-22-36)14-17-33(28-41(5,6)7)37-23-13-30(3)25-39(37)43-50(45,46)35-19-11-29(2)12-20-35/h11-13,15,18-21,23-28,43H,10,14,17H2,1-9H3/b33-28-. The molecule has 1 heterocycles. The van der Waals surface area contributed by atoms with Gasteiger partial charge < -0.3 is 4.74 Å². The smallest absolute Gasteiger partial charge is 0.273 e. The third kappa shape index (κ3) is 8.52. The molecule has 5 rings (SSSR count). The van der Waals surface area contributed by atoms with Crippen molar-refractivity contribution in [1.29, 1.82) is 0 Å².